The SMILES string of the molecule is CC1SCCN(C(=O)CSCC(=O)O)C1C. The Labute approximate surface area is 104 Å². The lowest BCUT2D eigenvalue weighted by atomic mass is 10.2. The van der Waals surface area contributed by atoms with Gasteiger partial charge in [-0.3, -0.25) is 9.59 Å². The molecule has 0 bridgehead atoms. The molecule has 0 saturated carbocycles. The standard InChI is InChI=1S/C10H17NO3S2/c1-7-8(2)16-4-3-11(7)9(12)5-15-6-10(13)14/h7-8H,3-6H2,1-2H3,(H,13,14). The van der Waals surface area contributed by atoms with Gasteiger partial charge < -0.3 is 10.0 Å². The highest BCUT2D eigenvalue weighted by molar-refractivity contribution is 8.00. The minimum absolute atomic E-state index is 0.00172. The molecule has 0 aromatic carbocycles. The number of hydrogen-bond donors (Lipinski definition) is 1. The van der Waals surface area contributed by atoms with Gasteiger partial charge in [-0.05, 0) is 6.92 Å². The summed E-state index contributed by atoms with van der Waals surface area (Å²) < 4.78 is 0. The second-order valence-electron chi connectivity index (χ2n) is 3.79. The van der Waals surface area contributed by atoms with Gasteiger partial charge in [0.25, 0.3) is 0 Å². The number of thioether (sulfide) groups is 2. The predicted molar refractivity (Wildman–Crippen MR) is 68.1 cm³/mol. The summed E-state index contributed by atoms with van der Waals surface area (Å²) in [4.78, 5) is 24.0. The van der Waals surface area contributed by atoms with Crippen molar-refractivity contribution in [2.45, 2.75) is 25.1 Å². The number of hydrogen-bond acceptors (Lipinski definition) is 4. The second-order valence-corrected chi connectivity index (χ2v) is 6.26. The highest BCUT2D eigenvalue weighted by atomic mass is 32.2. The van der Waals surface area contributed by atoms with Gasteiger partial charge in [0.1, 0.15) is 0 Å². The summed E-state index contributed by atoms with van der Waals surface area (Å²) in [6.07, 6.45) is 0. The Morgan fingerprint density at radius 2 is 2.12 bits per heavy atom. The first-order chi connectivity index (χ1) is 7.52. The fourth-order valence-electron chi connectivity index (χ4n) is 1.59. The Bertz CT molecular complexity index is 273. The predicted octanol–water partition coefficient (Wildman–Crippen LogP) is 1.16. The average molecular weight is 263 g/mol. The van der Waals surface area contributed by atoms with Crippen LogP contribution in [0.15, 0.2) is 0 Å². The summed E-state index contributed by atoms with van der Waals surface area (Å²) in [5.74, 6) is 0.437. The fraction of sp³-hybridized carbons (Fsp3) is 0.800. The summed E-state index contributed by atoms with van der Waals surface area (Å²) in [6, 6.07) is 0.247. The van der Waals surface area contributed by atoms with E-state index >= 15 is 0 Å². The van der Waals surface area contributed by atoms with Gasteiger partial charge >= 0.3 is 5.97 Å². The molecule has 1 aliphatic rings. The maximum atomic E-state index is 11.8. The molecule has 1 rings (SSSR count). The van der Waals surface area contributed by atoms with E-state index in [0.29, 0.717) is 5.25 Å². The van der Waals surface area contributed by atoms with Crippen LogP contribution in [0.5, 0.6) is 0 Å². The van der Waals surface area contributed by atoms with Crippen LogP contribution in [0.4, 0.5) is 0 Å². The topological polar surface area (TPSA) is 57.6 Å². The summed E-state index contributed by atoms with van der Waals surface area (Å²) in [6.45, 7) is 4.96. The first-order valence-electron chi connectivity index (χ1n) is 5.23. The van der Waals surface area contributed by atoms with Crippen molar-refractivity contribution in [1.82, 2.24) is 4.90 Å². The third kappa shape index (κ3) is 3.90. The zero-order chi connectivity index (χ0) is 12.1. The Hall–Kier alpha value is -0.360. The Kier molecular flexibility index (Phi) is 5.48. The summed E-state index contributed by atoms with van der Waals surface area (Å²) >= 11 is 3.05. The lowest BCUT2D eigenvalue weighted by Gasteiger charge is -2.37. The summed E-state index contributed by atoms with van der Waals surface area (Å²) in [7, 11) is 0. The fourth-order valence-corrected chi connectivity index (χ4v) is 3.31. The van der Waals surface area contributed by atoms with Crippen LogP contribution in [0.1, 0.15) is 13.8 Å². The van der Waals surface area contributed by atoms with Crippen molar-refractivity contribution in [1.29, 1.82) is 0 Å². The van der Waals surface area contributed by atoms with Gasteiger partial charge in [0.2, 0.25) is 5.91 Å². The van der Waals surface area contributed by atoms with Crippen LogP contribution >= 0.6 is 23.5 Å². The van der Waals surface area contributed by atoms with Crippen LogP contribution in [0.25, 0.3) is 0 Å². The smallest absolute Gasteiger partial charge is 0.313 e. The van der Waals surface area contributed by atoms with Crippen LogP contribution < -0.4 is 0 Å². The van der Waals surface area contributed by atoms with Gasteiger partial charge in [-0.1, -0.05) is 6.92 Å². The Morgan fingerprint density at radius 3 is 2.75 bits per heavy atom. The normalized spacial score (nSPS) is 25.5. The van der Waals surface area contributed by atoms with Crippen LogP contribution in [0.2, 0.25) is 0 Å². The molecule has 16 heavy (non-hydrogen) atoms. The number of carboxylic acids is 1. The van der Waals surface area contributed by atoms with Crippen LogP contribution in [0, 0.1) is 0 Å². The molecule has 92 valence electrons. The molecule has 2 atom stereocenters. The largest absolute Gasteiger partial charge is 0.481 e. The Morgan fingerprint density at radius 1 is 1.44 bits per heavy atom. The van der Waals surface area contributed by atoms with Crippen molar-refractivity contribution < 1.29 is 14.7 Å². The quantitative estimate of drug-likeness (QED) is 0.825. The lowest BCUT2D eigenvalue weighted by molar-refractivity contribution is -0.133. The maximum absolute atomic E-state index is 11.8. The third-order valence-corrected chi connectivity index (χ3v) is 4.90. The van der Waals surface area contributed by atoms with Gasteiger partial charge in [0, 0.05) is 23.6 Å². The first-order valence-corrected chi connectivity index (χ1v) is 7.43. The van der Waals surface area contributed by atoms with E-state index in [1.165, 1.54) is 11.8 Å². The van der Waals surface area contributed by atoms with Gasteiger partial charge in [-0.15, -0.1) is 11.8 Å². The first kappa shape index (κ1) is 13.7. The number of carbonyl (C=O) groups is 2. The van der Waals surface area contributed by atoms with Crippen molar-refractivity contribution in [3.8, 4) is 0 Å². The van der Waals surface area contributed by atoms with Crippen molar-refractivity contribution >= 4 is 35.4 Å². The van der Waals surface area contributed by atoms with E-state index < -0.39 is 5.97 Å². The van der Waals surface area contributed by atoms with Crippen LogP contribution in [0.3, 0.4) is 0 Å². The second kappa shape index (κ2) is 6.39. The number of amides is 1. The molecule has 0 aromatic rings. The van der Waals surface area contributed by atoms with Crippen LogP contribution in [-0.4, -0.2) is 57.0 Å². The number of rotatable bonds is 4. The average Bonchev–Trinajstić information content (AvgIpc) is 2.21. The van der Waals surface area contributed by atoms with E-state index in [1.807, 2.05) is 16.7 Å². The molecule has 1 fully saturated rings. The van der Waals surface area contributed by atoms with Crippen molar-refractivity contribution in [2.75, 3.05) is 23.8 Å². The highest BCUT2D eigenvalue weighted by Crippen LogP contribution is 2.24. The van der Waals surface area contributed by atoms with E-state index in [1.54, 1.807) is 0 Å². The van der Waals surface area contributed by atoms with Gasteiger partial charge in [-0.25, -0.2) is 0 Å². The molecule has 4 nitrogen and oxygen atoms in total. The molecule has 1 amide bonds. The van der Waals surface area contributed by atoms with Crippen molar-refractivity contribution in [3.63, 3.8) is 0 Å². The molecule has 6 heteroatoms. The molecule has 0 radical (unpaired) electrons. The maximum Gasteiger partial charge on any atom is 0.313 e. The molecule has 1 heterocycles. The number of aliphatic carboxylic acids is 1. The highest BCUT2D eigenvalue weighted by Gasteiger charge is 2.28. The zero-order valence-corrected chi connectivity index (χ0v) is 11.1. The van der Waals surface area contributed by atoms with Crippen LogP contribution in [-0.2, 0) is 9.59 Å². The molecular formula is C10H17NO3S2. The third-order valence-electron chi connectivity index (χ3n) is 2.66. The van der Waals surface area contributed by atoms with E-state index in [2.05, 4.69) is 13.8 Å². The van der Waals surface area contributed by atoms with Crippen molar-refractivity contribution in [3.05, 3.63) is 0 Å². The van der Waals surface area contributed by atoms with E-state index in [0.717, 1.165) is 12.3 Å². The minimum atomic E-state index is -0.867. The molecule has 2 unspecified atom stereocenters. The van der Waals surface area contributed by atoms with Gasteiger partial charge in [-0.2, -0.15) is 11.8 Å². The van der Waals surface area contributed by atoms with Gasteiger partial charge in [0.05, 0.1) is 11.5 Å². The molecule has 0 aliphatic carbocycles. The molecule has 1 aliphatic heterocycles. The minimum Gasteiger partial charge on any atom is -0.481 e. The molecule has 1 N–H and O–H groups in total. The summed E-state index contributed by atoms with van der Waals surface area (Å²) in [5.41, 5.74) is 0. The molecule has 1 saturated heterocycles. The molecule has 0 aromatic heterocycles. The monoisotopic (exact) mass is 263 g/mol. The molecular weight excluding hydrogens is 246 g/mol. The Balaban J connectivity index is 2.37. The van der Waals surface area contributed by atoms with Crippen molar-refractivity contribution in [2.24, 2.45) is 0 Å². The van der Waals surface area contributed by atoms with E-state index in [4.69, 9.17) is 5.11 Å². The number of carbonyl (C=O) groups excluding carboxylic acids is 1. The zero-order valence-electron chi connectivity index (χ0n) is 9.51. The molecule has 0 spiro atoms. The van der Waals surface area contributed by atoms with Gasteiger partial charge in [0.15, 0.2) is 0 Å². The lowest BCUT2D eigenvalue weighted by Crippen LogP contribution is -2.48. The van der Waals surface area contributed by atoms with E-state index in [-0.39, 0.29) is 23.5 Å². The number of carboxylic acid groups (broad SMARTS) is 1. The number of nitrogens with zero attached hydrogens (tertiary/aromatic N) is 1. The van der Waals surface area contributed by atoms with E-state index in [9.17, 15) is 9.59 Å². The summed E-state index contributed by atoms with van der Waals surface area (Å²) in [5, 5.41) is 8.94.